The van der Waals surface area contributed by atoms with Crippen molar-refractivity contribution in [2.24, 2.45) is 7.05 Å². The fraction of sp³-hybridized carbons (Fsp3) is 0.450. The van der Waals surface area contributed by atoms with Gasteiger partial charge >= 0.3 is 0 Å². The van der Waals surface area contributed by atoms with Crippen LogP contribution in [0.3, 0.4) is 0 Å². The van der Waals surface area contributed by atoms with E-state index in [4.69, 9.17) is 4.98 Å². The molecule has 1 aliphatic heterocycles. The number of hydrogen-bond donors (Lipinski definition) is 0. The molecule has 1 amide bonds. The summed E-state index contributed by atoms with van der Waals surface area (Å²) in [7, 11) is 1.86. The molecule has 0 bridgehead atoms. The zero-order chi connectivity index (χ0) is 18.3. The van der Waals surface area contributed by atoms with Crippen LogP contribution >= 0.6 is 11.3 Å². The summed E-state index contributed by atoms with van der Waals surface area (Å²) in [6.07, 6.45) is 2.10. The molecule has 136 valence electrons. The van der Waals surface area contributed by atoms with Gasteiger partial charge in [0.05, 0.1) is 20.9 Å². The van der Waals surface area contributed by atoms with Gasteiger partial charge in [0.25, 0.3) is 5.91 Å². The Labute approximate surface area is 157 Å². The van der Waals surface area contributed by atoms with Gasteiger partial charge in [-0.15, -0.1) is 11.3 Å². The van der Waals surface area contributed by atoms with Crippen LogP contribution in [-0.4, -0.2) is 38.7 Å². The number of fused-ring (bicyclic) bond motifs is 1. The minimum absolute atomic E-state index is 0.0812. The molecule has 0 N–H and O–H groups in total. The van der Waals surface area contributed by atoms with E-state index in [9.17, 15) is 4.79 Å². The number of carbonyl (C=O) groups excluding carboxylic acids is 1. The molecule has 3 heterocycles. The number of nitrogens with zero attached hydrogens (tertiary/aromatic N) is 4. The number of likely N-dealkylation sites (tertiary alicyclic amines) is 1. The SMILES string of the molecule is CC(C)c1cc(C(=O)N2CCC[C@H](c3nc4ccccc4s3)C2)n(C)n1. The lowest BCUT2D eigenvalue weighted by molar-refractivity contribution is 0.0696. The second-order valence-electron chi connectivity index (χ2n) is 7.34. The van der Waals surface area contributed by atoms with Gasteiger partial charge in [-0.3, -0.25) is 9.48 Å². The molecule has 0 radical (unpaired) electrons. The molecule has 5 nitrogen and oxygen atoms in total. The summed E-state index contributed by atoms with van der Waals surface area (Å²) in [6.45, 7) is 5.74. The van der Waals surface area contributed by atoms with E-state index in [-0.39, 0.29) is 5.91 Å². The molecule has 1 atom stereocenters. The van der Waals surface area contributed by atoms with Crippen LogP contribution in [0.4, 0.5) is 0 Å². The van der Waals surface area contributed by atoms with E-state index >= 15 is 0 Å². The van der Waals surface area contributed by atoms with Gasteiger partial charge in [0.1, 0.15) is 5.69 Å². The summed E-state index contributed by atoms with van der Waals surface area (Å²) < 4.78 is 2.94. The number of carbonyl (C=O) groups is 1. The van der Waals surface area contributed by atoms with Gasteiger partial charge < -0.3 is 4.90 Å². The Bertz CT molecular complexity index is 909. The lowest BCUT2D eigenvalue weighted by Gasteiger charge is -2.31. The molecule has 0 unspecified atom stereocenters. The van der Waals surface area contributed by atoms with Gasteiger partial charge in [-0.25, -0.2) is 4.98 Å². The van der Waals surface area contributed by atoms with Gasteiger partial charge in [0.15, 0.2) is 0 Å². The van der Waals surface area contributed by atoms with Crippen LogP contribution in [0.1, 0.15) is 59.7 Å². The summed E-state index contributed by atoms with van der Waals surface area (Å²) in [6, 6.07) is 10.2. The van der Waals surface area contributed by atoms with Crippen LogP contribution in [0.2, 0.25) is 0 Å². The largest absolute Gasteiger partial charge is 0.337 e. The van der Waals surface area contributed by atoms with Gasteiger partial charge in [-0.1, -0.05) is 26.0 Å². The molecule has 26 heavy (non-hydrogen) atoms. The monoisotopic (exact) mass is 368 g/mol. The van der Waals surface area contributed by atoms with Crippen LogP contribution in [0.25, 0.3) is 10.2 Å². The molecule has 0 aliphatic carbocycles. The summed E-state index contributed by atoms with van der Waals surface area (Å²) in [5.41, 5.74) is 2.71. The first-order valence-electron chi connectivity index (χ1n) is 9.21. The van der Waals surface area contributed by atoms with E-state index < -0.39 is 0 Å². The van der Waals surface area contributed by atoms with E-state index in [1.807, 2.05) is 24.1 Å². The lowest BCUT2D eigenvalue weighted by atomic mass is 9.98. The average Bonchev–Trinajstić information content (AvgIpc) is 3.25. The number of piperidine rings is 1. The number of rotatable bonds is 3. The summed E-state index contributed by atoms with van der Waals surface area (Å²) in [5, 5.41) is 5.64. The van der Waals surface area contributed by atoms with Crippen molar-refractivity contribution in [1.29, 1.82) is 0 Å². The molecule has 3 aromatic rings. The second kappa shape index (κ2) is 6.83. The molecule has 2 aromatic heterocycles. The Hall–Kier alpha value is -2.21. The molecular weight excluding hydrogens is 344 g/mol. The molecule has 1 saturated heterocycles. The van der Waals surface area contributed by atoms with E-state index in [1.54, 1.807) is 16.0 Å². The van der Waals surface area contributed by atoms with Crippen LogP contribution < -0.4 is 0 Å². The summed E-state index contributed by atoms with van der Waals surface area (Å²) >= 11 is 1.76. The van der Waals surface area contributed by atoms with Crippen molar-refractivity contribution < 1.29 is 4.79 Å². The third-order valence-corrected chi connectivity index (χ3v) is 6.28. The smallest absolute Gasteiger partial charge is 0.272 e. The fourth-order valence-electron chi connectivity index (χ4n) is 3.56. The first-order valence-corrected chi connectivity index (χ1v) is 10.0. The Morgan fingerprint density at radius 2 is 2.12 bits per heavy atom. The zero-order valence-corrected chi connectivity index (χ0v) is 16.3. The Morgan fingerprint density at radius 3 is 2.85 bits per heavy atom. The average molecular weight is 369 g/mol. The van der Waals surface area contributed by atoms with E-state index in [2.05, 4.69) is 37.1 Å². The topological polar surface area (TPSA) is 51.0 Å². The number of para-hydroxylation sites is 1. The van der Waals surface area contributed by atoms with Crippen molar-refractivity contribution in [1.82, 2.24) is 19.7 Å². The Kier molecular flexibility index (Phi) is 4.53. The number of benzene rings is 1. The summed E-state index contributed by atoms with van der Waals surface area (Å²) in [5.74, 6) is 0.722. The van der Waals surface area contributed by atoms with Crippen LogP contribution in [-0.2, 0) is 7.05 Å². The van der Waals surface area contributed by atoms with Gasteiger partial charge in [-0.05, 0) is 37.0 Å². The number of hydrogen-bond acceptors (Lipinski definition) is 4. The highest BCUT2D eigenvalue weighted by Gasteiger charge is 2.29. The minimum Gasteiger partial charge on any atom is -0.337 e. The fourth-order valence-corrected chi connectivity index (χ4v) is 4.65. The van der Waals surface area contributed by atoms with Gasteiger partial charge in [0.2, 0.25) is 0 Å². The second-order valence-corrected chi connectivity index (χ2v) is 8.41. The van der Waals surface area contributed by atoms with E-state index in [0.717, 1.165) is 42.1 Å². The standard InChI is InChI=1S/C20H24N4OS/c1-13(2)16-11-17(23(3)22-16)20(25)24-10-6-7-14(12-24)19-21-15-8-4-5-9-18(15)26-19/h4-5,8-9,11,13-14H,6-7,10,12H2,1-3H3/t14-/m0/s1. The van der Waals surface area contributed by atoms with E-state index in [1.165, 1.54) is 4.70 Å². The molecule has 1 aromatic carbocycles. The maximum Gasteiger partial charge on any atom is 0.272 e. The highest BCUT2D eigenvalue weighted by molar-refractivity contribution is 7.18. The van der Waals surface area contributed by atoms with Crippen LogP contribution in [0.5, 0.6) is 0 Å². The number of aryl methyl sites for hydroxylation is 1. The van der Waals surface area contributed by atoms with Crippen molar-refractivity contribution in [3.63, 3.8) is 0 Å². The molecule has 1 fully saturated rings. The zero-order valence-electron chi connectivity index (χ0n) is 15.5. The normalized spacial score (nSPS) is 18.0. The van der Waals surface area contributed by atoms with Crippen molar-refractivity contribution in [2.45, 2.75) is 38.5 Å². The number of thiazole rings is 1. The van der Waals surface area contributed by atoms with Gasteiger partial charge in [-0.2, -0.15) is 5.10 Å². The first kappa shape index (κ1) is 17.2. The van der Waals surface area contributed by atoms with E-state index in [0.29, 0.717) is 17.5 Å². The van der Waals surface area contributed by atoms with Crippen molar-refractivity contribution in [2.75, 3.05) is 13.1 Å². The third kappa shape index (κ3) is 3.14. The highest BCUT2D eigenvalue weighted by Crippen LogP contribution is 2.33. The predicted molar refractivity (Wildman–Crippen MR) is 105 cm³/mol. The van der Waals surface area contributed by atoms with Crippen molar-refractivity contribution in [3.8, 4) is 0 Å². The molecule has 4 rings (SSSR count). The molecular formula is C20H24N4OS. The quantitative estimate of drug-likeness (QED) is 0.697. The highest BCUT2D eigenvalue weighted by atomic mass is 32.1. The molecule has 0 saturated carbocycles. The number of amides is 1. The summed E-state index contributed by atoms with van der Waals surface area (Å²) in [4.78, 5) is 19.8. The van der Waals surface area contributed by atoms with Crippen molar-refractivity contribution in [3.05, 3.63) is 46.7 Å². The van der Waals surface area contributed by atoms with Crippen LogP contribution in [0, 0.1) is 0 Å². The predicted octanol–water partition coefficient (Wildman–Crippen LogP) is 4.17. The maximum atomic E-state index is 13.1. The van der Waals surface area contributed by atoms with Crippen molar-refractivity contribution >= 4 is 27.5 Å². The van der Waals surface area contributed by atoms with Gasteiger partial charge in [0, 0.05) is 26.1 Å². The molecule has 6 heteroatoms. The molecule has 0 spiro atoms. The Balaban J connectivity index is 1.55. The van der Waals surface area contributed by atoms with Crippen LogP contribution in [0.15, 0.2) is 30.3 Å². The Morgan fingerprint density at radius 1 is 1.31 bits per heavy atom. The lowest BCUT2D eigenvalue weighted by Crippen LogP contribution is -2.39. The molecule has 1 aliphatic rings. The number of aromatic nitrogens is 3. The maximum absolute atomic E-state index is 13.1. The third-order valence-electron chi connectivity index (χ3n) is 5.08. The minimum atomic E-state index is 0.0812. The first-order chi connectivity index (χ1) is 12.5.